The maximum Gasteiger partial charge on any atom is 0.241 e. The zero-order valence-electron chi connectivity index (χ0n) is 10.9. The second-order valence-electron chi connectivity index (χ2n) is 5.27. The molecule has 0 spiro atoms. The lowest BCUT2D eigenvalue weighted by Gasteiger charge is -2.20. The van der Waals surface area contributed by atoms with Crippen molar-refractivity contribution in [2.75, 3.05) is 13.1 Å². The van der Waals surface area contributed by atoms with E-state index in [0.29, 0.717) is 18.4 Å². The van der Waals surface area contributed by atoms with E-state index in [1.54, 1.807) is 0 Å². The van der Waals surface area contributed by atoms with Gasteiger partial charge >= 0.3 is 0 Å². The second-order valence-corrected chi connectivity index (χ2v) is 5.27. The Morgan fingerprint density at radius 1 is 1.38 bits per heavy atom. The number of rotatable bonds is 4. The van der Waals surface area contributed by atoms with E-state index in [4.69, 9.17) is 5.73 Å². The number of nitrogens with zero attached hydrogens (tertiary/aromatic N) is 1. The Balaban J connectivity index is 3.93. The Kier molecular flexibility index (Phi) is 5.85. The molecule has 0 radical (unpaired) electrons. The molecule has 4 N–H and O–H groups in total. The van der Waals surface area contributed by atoms with Crippen LogP contribution >= 0.6 is 0 Å². The number of amides is 1. The Labute approximate surface area is 97.9 Å². The minimum atomic E-state index is -0.137. The van der Waals surface area contributed by atoms with Gasteiger partial charge in [0, 0.05) is 12.1 Å². The summed E-state index contributed by atoms with van der Waals surface area (Å²) in [6.07, 6.45) is 0. The van der Waals surface area contributed by atoms with Crippen LogP contribution in [0.5, 0.6) is 0 Å². The average Bonchev–Trinajstić information content (AvgIpc) is 2.08. The van der Waals surface area contributed by atoms with E-state index >= 15 is 0 Å². The summed E-state index contributed by atoms with van der Waals surface area (Å²) in [7, 11) is 0. The number of carbonyl (C=O) groups is 1. The van der Waals surface area contributed by atoms with Crippen LogP contribution in [0.2, 0.25) is 0 Å². The lowest BCUT2D eigenvalue weighted by molar-refractivity contribution is -0.119. The van der Waals surface area contributed by atoms with Crippen LogP contribution in [0.25, 0.3) is 0 Å². The van der Waals surface area contributed by atoms with Crippen LogP contribution in [0.4, 0.5) is 0 Å². The fourth-order valence-corrected chi connectivity index (χ4v) is 0.955. The minimum absolute atomic E-state index is 0.0711. The first-order valence-electron chi connectivity index (χ1n) is 5.55. The molecule has 0 aromatic heterocycles. The van der Waals surface area contributed by atoms with Crippen LogP contribution in [0, 0.1) is 5.92 Å². The van der Waals surface area contributed by atoms with Gasteiger partial charge in [0.25, 0.3) is 0 Å². The van der Waals surface area contributed by atoms with Crippen molar-refractivity contribution in [3.8, 4) is 0 Å². The van der Waals surface area contributed by atoms with Gasteiger partial charge in [0.1, 0.15) is 6.54 Å². The Hall–Kier alpha value is -1.26. The Bertz CT molecular complexity index is 253. The Morgan fingerprint density at radius 3 is 2.38 bits per heavy atom. The predicted octanol–water partition coefficient (Wildman–Crippen LogP) is 0.461. The summed E-state index contributed by atoms with van der Waals surface area (Å²) in [5, 5.41) is 5.76. The highest BCUT2D eigenvalue weighted by Crippen LogP contribution is 1.96. The highest BCUT2D eigenvalue weighted by Gasteiger charge is 2.10. The summed E-state index contributed by atoms with van der Waals surface area (Å²) < 4.78 is 0. The zero-order chi connectivity index (χ0) is 12.8. The van der Waals surface area contributed by atoms with Crippen LogP contribution in [0.1, 0.15) is 34.6 Å². The smallest absolute Gasteiger partial charge is 0.241 e. The number of nitrogens with one attached hydrogen (secondary N) is 2. The molecule has 5 nitrogen and oxygen atoms in total. The molecule has 94 valence electrons. The molecule has 0 aromatic rings. The van der Waals surface area contributed by atoms with Crippen molar-refractivity contribution in [3.05, 3.63) is 0 Å². The van der Waals surface area contributed by atoms with Crippen molar-refractivity contribution in [1.29, 1.82) is 0 Å². The molecule has 0 fully saturated rings. The van der Waals surface area contributed by atoms with Crippen molar-refractivity contribution in [2.45, 2.75) is 40.2 Å². The first kappa shape index (κ1) is 14.7. The summed E-state index contributed by atoms with van der Waals surface area (Å²) >= 11 is 0. The first-order chi connectivity index (χ1) is 7.20. The molecule has 0 unspecified atom stereocenters. The number of carbonyl (C=O) groups excluding carboxylic acids is 1. The SMILES string of the molecule is CC(C)CNC(=O)CN=C(N)NC(C)(C)C. The molecule has 16 heavy (non-hydrogen) atoms. The van der Waals surface area contributed by atoms with E-state index in [1.807, 2.05) is 34.6 Å². The molecule has 0 saturated heterocycles. The third-order valence-electron chi connectivity index (χ3n) is 1.60. The quantitative estimate of drug-likeness (QED) is 0.483. The van der Waals surface area contributed by atoms with E-state index in [9.17, 15) is 4.79 Å². The molecule has 0 saturated carbocycles. The molecule has 0 aliphatic rings. The number of hydrogen-bond donors (Lipinski definition) is 3. The summed E-state index contributed by atoms with van der Waals surface area (Å²) in [4.78, 5) is 15.3. The standard InChI is InChI=1S/C11H24N4O/c1-8(2)6-13-9(16)7-14-10(12)15-11(3,4)5/h8H,6-7H2,1-5H3,(H,13,16)(H3,12,14,15). The van der Waals surface area contributed by atoms with Gasteiger partial charge in [-0.3, -0.25) is 4.79 Å². The molecule has 0 heterocycles. The number of hydrogen-bond acceptors (Lipinski definition) is 2. The van der Waals surface area contributed by atoms with E-state index in [0.717, 1.165) is 0 Å². The van der Waals surface area contributed by atoms with Crippen LogP contribution in [-0.4, -0.2) is 30.5 Å². The third-order valence-corrected chi connectivity index (χ3v) is 1.60. The number of aliphatic imine (C=N–C) groups is 1. The Morgan fingerprint density at radius 2 is 1.94 bits per heavy atom. The molecule has 1 amide bonds. The predicted molar refractivity (Wildman–Crippen MR) is 67.2 cm³/mol. The van der Waals surface area contributed by atoms with Gasteiger partial charge in [-0.05, 0) is 26.7 Å². The van der Waals surface area contributed by atoms with Crippen LogP contribution < -0.4 is 16.4 Å². The fourth-order valence-electron chi connectivity index (χ4n) is 0.955. The zero-order valence-corrected chi connectivity index (χ0v) is 10.9. The van der Waals surface area contributed by atoms with Gasteiger partial charge < -0.3 is 16.4 Å². The minimum Gasteiger partial charge on any atom is -0.370 e. The van der Waals surface area contributed by atoms with Crippen LogP contribution in [-0.2, 0) is 4.79 Å². The normalized spacial score (nSPS) is 12.8. The van der Waals surface area contributed by atoms with Gasteiger partial charge in [0.05, 0.1) is 0 Å². The highest BCUT2D eigenvalue weighted by atomic mass is 16.1. The molecule has 0 bridgehead atoms. The number of guanidine groups is 1. The van der Waals surface area contributed by atoms with Crippen molar-refractivity contribution in [2.24, 2.45) is 16.6 Å². The van der Waals surface area contributed by atoms with Crippen LogP contribution in [0.15, 0.2) is 4.99 Å². The summed E-state index contributed by atoms with van der Waals surface area (Å²) in [6, 6.07) is 0. The molecule has 5 heteroatoms. The van der Waals surface area contributed by atoms with E-state index in [2.05, 4.69) is 15.6 Å². The fraction of sp³-hybridized carbons (Fsp3) is 0.818. The molecule has 0 atom stereocenters. The molecular weight excluding hydrogens is 204 g/mol. The van der Waals surface area contributed by atoms with Crippen molar-refractivity contribution >= 4 is 11.9 Å². The largest absolute Gasteiger partial charge is 0.370 e. The lowest BCUT2D eigenvalue weighted by atomic mass is 10.1. The van der Waals surface area contributed by atoms with Gasteiger partial charge in [0.15, 0.2) is 5.96 Å². The summed E-state index contributed by atoms with van der Waals surface area (Å²) in [5.74, 6) is 0.637. The molecule has 0 aliphatic carbocycles. The molecule has 0 aromatic carbocycles. The maximum absolute atomic E-state index is 11.3. The first-order valence-corrected chi connectivity index (χ1v) is 5.55. The van der Waals surface area contributed by atoms with Gasteiger partial charge in [-0.25, -0.2) is 4.99 Å². The molecule has 0 rings (SSSR count). The van der Waals surface area contributed by atoms with Crippen LogP contribution in [0.3, 0.4) is 0 Å². The lowest BCUT2D eigenvalue weighted by Crippen LogP contribution is -2.45. The van der Waals surface area contributed by atoms with E-state index in [-0.39, 0.29) is 18.0 Å². The average molecular weight is 228 g/mol. The summed E-state index contributed by atoms with van der Waals surface area (Å²) in [6.45, 7) is 10.8. The molecule has 0 aliphatic heterocycles. The monoisotopic (exact) mass is 228 g/mol. The maximum atomic E-state index is 11.3. The van der Waals surface area contributed by atoms with Gasteiger partial charge in [-0.1, -0.05) is 13.8 Å². The second kappa shape index (κ2) is 6.35. The van der Waals surface area contributed by atoms with Crippen molar-refractivity contribution in [3.63, 3.8) is 0 Å². The van der Waals surface area contributed by atoms with Crippen molar-refractivity contribution < 1.29 is 4.79 Å². The van der Waals surface area contributed by atoms with Gasteiger partial charge in [-0.2, -0.15) is 0 Å². The van der Waals surface area contributed by atoms with E-state index < -0.39 is 0 Å². The van der Waals surface area contributed by atoms with E-state index in [1.165, 1.54) is 0 Å². The number of nitrogens with two attached hydrogens (primary N) is 1. The van der Waals surface area contributed by atoms with Gasteiger partial charge in [-0.15, -0.1) is 0 Å². The molecular formula is C11H24N4O. The van der Waals surface area contributed by atoms with Gasteiger partial charge in [0.2, 0.25) is 5.91 Å². The topological polar surface area (TPSA) is 79.5 Å². The highest BCUT2D eigenvalue weighted by molar-refractivity contribution is 5.84. The summed E-state index contributed by atoms with van der Waals surface area (Å²) in [5.41, 5.74) is 5.49. The van der Waals surface area contributed by atoms with Crippen molar-refractivity contribution in [1.82, 2.24) is 10.6 Å². The third kappa shape index (κ3) is 9.30.